The second-order valence-electron chi connectivity index (χ2n) is 7.80. The summed E-state index contributed by atoms with van der Waals surface area (Å²) in [4.78, 5) is 27.7. The molecule has 5 nitrogen and oxygen atoms in total. The lowest BCUT2D eigenvalue weighted by Crippen LogP contribution is -2.50. The lowest BCUT2D eigenvalue weighted by Gasteiger charge is -2.30. The predicted molar refractivity (Wildman–Crippen MR) is 130 cm³/mol. The fourth-order valence-electron chi connectivity index (χ4n) is 3.49. The van der Waals surface area contributed by atoms with Crippen molar-refractivity contribution in [2.24, 2.45) is 0 Å². The maximum atomic E-state index is 13.1. The van der Waals surface area contributed by atoms with Crippen molar-refractivity contribution >= 4 is 23.4 Å². The summed E-state index contributed by atoms with van der Waals surface area (Å²) in [7, 11) is 0. The van der Waals surface area contributed by atoms with Crippen LogP contribution in [-0.2, 0) is 16.0 Å². The number of hydrogen-bond donors (Lipinski definition) is 1. The number of carbonyl (C=O) groups excluding carboxylic acids is 2. The summed E-state index contributed by atoms with van der Waals surface area (Å²) in [6.07, 6.45) is 4.16. The Morgan fingerprint density at radius 3 is 2.41 bits per heavy atom. The Kier molecular flexibility index (Phi) is 11.7. The minimum absolute atomic E-state index is 0.0156. The summed E-state index contributed by atoms with van der Waals surface area (Å²) in [5.41, 5.74) is 1.15. The first-order valence-corrected chi connectivity index (χ1v) is 11.9. The van der Waals surface area contributed by atoms with Crippen LogP contribution in [0.25, 0.3) is 0 Å². The van der Waals surface area contributed by atoms with Gasteiger partial charge in [0, 0.05) is 24.5 Å². The number of rotatable bonds is 14. The molecule has 0 radical (unpaired) electrons. The summed E-state index contributed by atoms with van der Waals surface area (Å²) in [5, 5.41) is 3.65. The second kappa shape index (κ2) is 14.5. The molecule has 6 heteroatoms. The fourth-order valence-corrected chi connectivity index (χ4v) is 3.62. The van der Waals surface area contributed by atoms with Crippen LogP contribution in [0.5, 0.6) is 5.75 Å². The Hall–Kier alpha value is -2.53. The van der Waals surface area contributed by atoms with Crippen molar-refractivity contribution in [3.63, 3.8) is 0 Å². The van der Waals surface area contributed by atoms with Gasteiger partial charge in [-0.1, -0.05) is 62.2 Å². The Bertz CT molecular complexity index is 812. The van der Waals surface area contributed by atoms with Crippen LogP contribution in [0.2, 0.25) is 5.02 Å². The van der Waals surface area contributed by atoms with E-state index in [-0.39, 0.29) is 11.8 Å². The number of halogens is 1. The van der Waals surface area contributed by atoms with Crippen LogP contribution >= 0.6 is 11.6 Å². The van der Waals surface area contributed by atoms with Gasteiger partial charge in [0.05, 0.1) is 6.61 Å². The van der Waals surface area contributed by atoms with Gasteiger partial charge in [-0.3, -0.25) is 9.59 Å². The van der Waals surface area contributed by atoms with E-state index < -0.39 is 6.04 Å². The third kappa shape index (κ3) is 8.91. The maximum Gasteiger partial charge on any atom is 0.242 e. The van der Waals surface area contributed by atoms with Crippen LogP contribution < -0.4 is 10.1 Å². The van der Waals surface area contributed by atoms with Gasteiger partial charge in [-0.2, -0.15) is 0 Å². The van der Waals surface area contributed by atoms with Crippen LogP contribution in [0.3, 0.4) is 0 Å². The third-order valence-corrected chi connectivity index (χ3v) is 5.57. The first kappa shape index (κ1) is 25.7. The average Bonchev–Trinajstić information content (AvgIpc) is 2.81. The van der Waals surface area contributed by atoms with E-state index in [1.807, 2.05) is 49.4 Å². The molecule has 0 bridgehead atoms. The number of hydrogen-bond acceptors (Lipinski definition) is 3. The Labute approximate surface area is 197 Å². The van der Waals surface area contributed by atoms with E-state index in [2.05, 4.69) is 12.2 Å². The third-order valence-electron chi connectivity index (χ3n) is 5.32. The molecule has 0 aliphatic rings. The summed E-state index contributed by atoms with van der Waals surface area (Å²) in [6.45, 7) is 5.63. The highest BCUT2D eigenvalue weighted by Gasteiger charge is 2.27. The topological polar surface area (TPSA) is 58.6 Å². The van der Waals surface area contributed by atoms with Gasteiger partial charge in [-0.05, 0) is 55.5 Å². The lowest BCUT2D eigenvalue weighted by molar-refractivity contribution is -0.140. The molecule has 0 aliphatic heterocycles. The van der Waals surface area contributed by atoms with E-state index in [0.717, 1.165) is 24.2 Å². The zero-order valence-corrected chi connectivity index (χ0v) is 19.9. The van der Waals surface area contributed by atoms with Gasteiger partial charge >= 0.3 is 0 Å². The van der Waals surface area contributed by atoms with E-state index in [1.54, 1.807) is 17.0 Å². The van der Waals surface area contributed by atoms with Crippen LogP contribution in [0.15, 0.2) is 54.6 Å². The highest BCUT2D eigenvalue weighted by Crippen LogP contribution is 2.16. The zero-order valence-electron chi connectivity index (χ0n) is 19.2. The van der Waals surface area contributed by atoms with Gasteiger partial charge < -0.3 is 15.0 Å². The van der Waals surface area contributed by atoms with Crippen molar-refractivity contribution in [2.75, 3.05) is 19.7 Å². The van der Waals surface area contributed by atoms with E-state index >= 15 is 0 Å². The molecule has 174 valence electrons. The minimum Gasteiger partial charge on any atom is -0.494 e. The molecule has 2 amide bonds. The number of carbonyl (C=O) groups is 2. The molecule has 2 aromatic carbocycles. The van der Waals surface area contributed by atoms with E-state index in [0.29, 0.717) is 50.4 Å². The maximum absolute atomic E-state index is 13.1. The van der Waals surface area contributed by atoms with E-state index in [9.17, 15) is 9.59 Å². The van der Waals surface area contributed by atoms with Crippen molar-refractivity contribution in [2.45, 2.75) is 58.4 Å². The summed E-state index contributed by atoms with van der Waals surface area (Å²) >= 11 is 5.89. The smallest absolute Gasteiger partial charge is 0.242 e. The SMILES string of the molecule is CCCCNC(=O)[C@H](CC)N(CCc1ccccc1)C(=O)CCCOc1ccc(Cl)cc1. The van der Waals surface area contributed by atoms with Gasteiger partial charge in [0.15, 0.2) is 0 Å². The molecular weight excluding hydrogens is 424 g/mol. The zero-order chi connectivity index (χ0) is 23.2. The molecule has 0 aliphatic carbocycles. The first-order chi connectivity index (χ1) is 15.5. The highest BCUT2D eigenvalue weighted by molar-refractivity contribution is 6.30. The van der Waals surface area contributed by atoms with Crippen molar-refractivity contribution in [3.05, 3.63) is 65.2 Å². The van der Waals surface area contributed by atoms with Crippen LogP contribution in [0, 0.1) is 0 Å². The lowest BCUT2D eigenvalue weighted by atomic mass is 10.1. The molecular formula is C26H35ClN2O3. The van der Waals surface area contributed by atoms with Crippen molar-refractivity contribution in [1.82, 2.24) is 10.2 Å². The van der Waals surface area contributed by atoms with E-state index in [4.69, 9.17) is 16.3 Å². The number of amides is 2. The molecule has 0 heterocycles. The largest absolute Gasteiger partial charge is 0.494 e. The Balaban J connectivity index is 1.96. The Morgan fingerprint density at radius 2 is 1.75 bits per heavy atom. The van der Waals surface area contributed by atoms with Crippen molar-refractivity contribution in [3.8, 4) is 5.75 Å². The summed E-state index contributed by atoms with van der Waals surface area (Å²) in [6, 6.07) is 16.8. The Morgan fingerprint density at radius 1 is 1.03 bits per heavy atom. The molecule has 1 N–H and O–H groups in total. The van der Waals surface area contributed by atoms with Crippen LogP contribution in [0.4, 0.5) is 0 Å². The monoisotopic (exact) mass is 458 g/mol. The quantitative estimate of drug-likeness (QED) is 0.392. The summed E-state index contributed by atoms with van der Waals surface area (Å²) in [5.74, 6) is 0.641. The standard InChI is InChI=1S/C26H35ClN2O3/c1-3-5-18-28-26(31)24(4-2)29(19-17-21-10-7-6-8-11-21)25(30)12-9-20-32-23-15-13-22(27)14-16-23/h6-8,10-11,13-16,24H,3-5,9,12,17-20H2,1-2H3,(H,28,31)/t24-/m0/s1. The molecule has 1 atom stereocenters. The fraction of sp³-hybridized carbons (Fsp3) is 0.462. The predicted octanol–water partition coefficient (Wildman–Crippen LogP) is 5.27. The van der Waals surface area contributed by atoms with Crippen LogP contribution in [-0.4, -0.2) is 42.5 Å². The van der Waals surface area contributed by atoms with Gasteiger partial charge in [0.25, 0.3) is 0 Å². The number of unbranched alkanes of at least 4 members (excludes halogenated alkanes) is 1. The molecule has 32 heavy (non-hydrogen) atoms. The second-order valence-corrected chi connectivity index (χ2v) is 8.23. The number of nitrogens with zero attached hydrogens (tertiary/aromatic N) is 1. The first-order valence-electron chi connectivity index (χ1n) is 11.5. The summed E-state index contributed by atoms with van der Waals surface area (Å²) < 4.78 is 5.71. The number of nitrogens with one attached hydrogen (secondary N) is 1. The van der Waals surface area contributed by atoms with Gasteiger partial charge in [0.2, 0.25) is 11.8 Å². The van der Waals surface area contributed by atoms with Crippen LogP contribution in [0.1, 0.15) is 51.5 Å². The molecule has 0 spiro atoms. The molecule has 0 aromatic heterocycles. The van der Waals surface area contributed by atoms with Gasteiger partial charge in [-0.25, -0.2) is 0 Å². The average molecular weight is 459 g/mol. The molecule has 2 rings (SSSR count). The molecule has 0 saturated heterocycles. The molecule has 2 aromatic rings. The van der Waals surface area contributed by atoms with Gasteiger partial charge in [0.1, 0.15) is 11.8 Å². The highest BCUT2D eigenvalue weighted by atomic mass is 35.5. The molecule has 0 unspecified atom stereocenters. The number of ether oxygens (including phenoxy) is 1. The minimum atomic E-state index is -0.458. The normalized spacial score (nSPS) is 11.6. The van der Waals surface area contributed by atoms with E-state index in [1.165, 1.54) is 0 Å². The van der Waals surface area contributed by atoms with Crippen molar-refractivity contribution in [1.29, 1.82) is 0 Å². The van der Waals surface area contributed by atoms with Gasteiger partial charge in [-0.15, -0.1) is 0 Å². The number of benzene rings is 2. The van der Waals surface area contributed by atoms with Crippen molar-refractivity contribution < 1.29 is 14.3 Å². The molecule has 0 fully saturated rings. The molecule has 0 saturated carbocycles.